The van der Waals surface area contributed by atoms with Crippen molar-refractivity contribution < 1.29 is 13.9 Å². The van der Waals surface area contributed by atoms with E-state index in [-0.39, 0.29) is 6.03 Å². The van der Waals surface area contributed by atoms with E-state index in [0.717, 1.165) is 35.8 Å². The van der Waals surface area contributed by atoms with Gasteiger partial charge in [-0.2, -0.15) is 0 Å². The molecule has 1 N–H and O–H groups in total. The number of carbonyl (C=O) groups is 1. The number of ether oxygens (including phenoxy) is 1. The summed E-state index contributed by atoms with van der Waals surface area (Å²) in [4.78, 5) is 20.7. The first kappa shape index (κ1) is 20.1. The second kappa shape index (κ2) is 8.67. The normalized spacial score (nSPS) is 14.0. The number of hydrogen-bond acceptors (Lipinski definition) is 5. The predicted octanol–water partition coefficient (Wildman–Crippen LogP) is 4.67. The Morgan fingerprint density at radius 3 is 2.50 bits per heavy atom. The highest BCUT2D eigenvalue weighted by Crippen LogP contribution is 2.34. The van der Waals surface area contributed by atoms with Gasteiger partial charge in [0.05, 0.1) is 18.9 Å². The summed E-state index contributed by atoms with van der Waals surface area (Å²) in [6, 6.07) is 13.0. The average molecular weight is 427 g/mol. The lowest BCUT2D eigenvalue weighted by atomic mass is 10.1. The van der Waals surface area contributed by atoms with Crippen LogP contribution < -0.4 is 15.0 Å². The summed E-state index contributed by atoms with van der Waals surface area (Å²) < 4.78 is 11.2. The fraction of sp³-hybridized carbons (Fsp3) is 0.273. The van der Waals surface area contributed by atoms with Gasteiger partial charge in [-0.25, -0.2) is 9.78 Å². The van der Waals surface area contributed by atoms with Gasteiger partial charge in [-0.1, -0.05) is 11.6 Å². The number of anilines is 2. The lowest BCUT2D eigenvalue weighted by Crippen LogP contribution is -2.50. The molecule has 7 nitrogen and oxygen atoms in total. The number of methoxy groups -OCH3 is 1. The van der Waals surface area contributed by atoms with Crippen molar-refractivity contribution in [1.82, 2.24) is 9.88 Å². The van der Waals surface area contributed by atoms with E-state index in [9.17, 15) is 4.79 Å². The lowest BCUT2D eigenvalue weighted by Gasteiger charge is -2.36. The molecule has 4 rings (SSSR count). The summed E-state index contributed by atoms with van der Waals surface area (Å²) in [6.07, 6.45) is 1.70. The Morgan fingerprint density at radius 1 is 1.13 bits per heavy atom. The van der Waals surface area contributed by atoms with Crippen LogP contribution in [0.15, 0.2) is 53.1 Å². The van der Waals surface area contributed by atoms with Crippen LogP contribution >= 0.6 is 11.6 Å². The molecule has 3 aromatic rings. The molecule has 30 heavy (non-hydrogen) atoms. The predicted molar refractivity (Wildman–Crippen MR) is 117 cm³/mol. The quantitative estimate of drug-likeness (QED) is 0.656. The number of nitrogens with one attached hydrogen (secondary N) is 1. The Labute approximate surface area is 180 Å². The van der Waals surface area contributed by atoms with Crippen LogP contribution in [0.4, 0.5) is 16.2 Å². The molecular formula is C22H23ClN4O3. The molecule has 1 aromatic heterocycles. The first-order chi connectivity index (χ1) is 14.5. The standard InChI is InChI=1S/C22H23ClN4O3/c1-15-24-14-21(30-15)19-8-7-18(13-20(19)29-2)26-9-11-27(12-10-26)22(28)25-17-5-3-16(23)4-6-17/h3-8,13-14H,9-12H2,1-2H3,(H,25,28). The molecule has 0 aliphatic carbocycles. The fourth-order valence-corrected chi connectivity index (χ4v) is 3.60. The van der Waals surface area contributed by atoms with Gasteiger partial charge >= 0.3 is 6.03 Å². The Kier molecular flexibility index (Phi) is 5.81. The molecule has 0 spiro atoms. The van der Waals surface area contributed by atoms with Crippen LogP contribution in [0.1, 0.15) is 5.89 Å². The van der Waals surface area contributed by atoms with Crippen LogP contribution in [0.5, 0.6) is 5.75 Å². The average Bonchev–Trinajstić information content (AvgIpc) is 3.21. The minimum atomic E-state index is -0.106. The number of nitrogens with zero attached hydrogens (tertiary/aromatic N) is 3. The third-order valence-electron chi connectivity index (χ3n) is 5.10. The minimum absolute atomic E-state index is 0.106. The topological polar surface area (TPSA) is 70.8 Å². The zero-order chi connectivity index (χ0) is 21.1. The number of benzene rings is 2. The van der Waals surface area contributed by atoms with Crippen molar-refractivity contribution in [3.63, 3.8) is 0 Å². The molecule has 0 unspecified atom stereocenters. The molecule has 2 heterocycles. The van der Waals surface area contributed by atoms with E-state index in [1.807, 2.05) is 30.0 Å². The number of aryl methyl sites for hydroxylation is 1. The van der Waals surface area contributed by atoms with Crippen molar-refractivity contribution in [3.05, 3.63) is 59.6 Å². The van der Waals surface area contributed by atoms with Crippen molar-refractivity contribution in [3.8, 4) is 17.1 Å². The van der Waals surface area contributed by atoms with Crippen LogP contribution in [-0.2, 0) is 0 Å². The third-order valence-corrected chi connectivity index (χ3v) is 5.35. The van der Waals surface area contributed by atoms with Gasteiger partial charge in [-0.15, -0.1) is 0 Å². The van der Waals surface area contributed by atoms with E-state index in [1.165, 1.54) is 0 Å². The Balaban J connectivity index is 1.40. The number of piperazine rings is 1. The number of halogens is 1. The van der Waals surface area contributed by atoms with Gasteiger partial charge in [0.15, 0.2) is 11.7 Å². The molecule has 2 amide bonds. The van der Waals surface area contributed by atoms with Gasteiger partial charge in [-0.3, -0.25) is 0 Å². The summed E-state index contributed by atoms with van der Waals surface area (Å²) in [6.45, 7) is 4.54. The van der Waals surface area contributed by atoms with Crippen molar-refractivity contribution in [2.24, 2.45) is 0 Å². The lowest BCUT2D eigenvalue weighted by molar-refractivity contribution is 0.208. The maximum Gasteiger partial charge on any atom is 0.321 e. The molecule has 0 radical (unpaired) electrons. The third kappa shape index (κ3) is 4.36. The number of aromatic nitrogens is 1. The second-order valence-electron chi connectivity index (χ2n) is 7.04. The Morgan fingerprint density at radius 2 is 1.87 bits per heavy atom. The molecule has 1 aliphatic rings. The van der Waals surface area contributed by atoms with Gasteiger partial charge in [0.1, 0.15) is 5.75 Å². The Bertz CT molecular complexity index is 1030. The van der Waals surface area contributed by atoms with Crippen LogP contribution in [0, 0.1) is 6.92 Å². The number of carbonyl (C=O) groups excluding carboxylic acids is 1. The smallest absolute Gasteiger partial charge is 0.321 e. The maximum absolute atomic E-state index is 12.5. The highest BCUT2D eigenvalue weighted by atomic mass is 35.5. The zero-order valence-electron chi connectivity index (χ0n) is 16.9. The van der Waals surface area contributed by atoms with E-state index < -0.39 is 0 Å². The molecule has 1 fully saturated rings. The number of amides is 2. The van der Waals surface area contributed by atoms with Crippen molar-refractivity contribution in [1.29, 1.82) is 0 Å². The number of hydrogen-bond donors (Lipinski definition) is 1. The van der Waals surface area contributed by atoms with Crippen LogP contribution in [-0.4, -0.2) is 49.2 Å². The molecule has 2 aromatic carbocycles. The molecule has 8 heteroatoms. The molecule has 156 valence electrons. The minimum Gasteiger partial charge on any atom is -0.496 e. The summed E-state index contributed by atoms with van der Waals surface area (Å²) in [5.74, 6) is 2.02. The van der Waals surface area contributed by atoms with Crippen LogP contribution in [0.25, 0.3) is 11.3 Å². The van der Waals surface area contributed by atoms with Crippen molar-refractivity contribution >= 4 is 29.0 Å². The summed E-state index contributed by atoms with van der Waals surface area (Å²) in [5, 5.41) is 3.55. The van der Waals surface area contributed by atoms with Gasteiger partial charge in [0, 0.05) is 55.6 Å². The van der Waals surface area contributed by atoms with E-state index in [1.54, 1.807) is 37.6 Å². The first-order valence-corrected chi connectivity index (χ1v) is 10.1. The molecule has 0 saturated carbocycles. The SMILES string of the molecule is COc1cc(N2CCN(C(=O)Nc3ccc(Cl)cc3)CC2)ccc1-c1cnc(C)o1. The summed E-state index contributed by atoms with van der Waals surface area (Å²) in [7, 11) is 1.64. The Hall–Kier alpha value is -3.19. The largest absolute Gasteiger partial charge is 0.496 e. The molecule has 0 atom stereocenters. The fourth-order valence-electron chi connectivity index (χ4n) is 3.47. The number of rotatable bonds is 4. The molecule has 1 aliphatic heterocycles. The van der Waals surface area contributed by atoms with Gasteiger partial charge in [-0.05, 0) is 36.4 Å². The van der Waals surface area contributed by atoms with Crippen LogP contribution in [0.2, 0.25) is 5.02 Å². The van der Waals surface area contributed by atoms with Gasteiger partial charge in [0.25, 0.3) is 0 Å². The summed E-state index contributed by atoms with van der Waals surface area (Å²) >= 11 is 5.89. The highest BCUT2D eigenvalue weighted by molar-refractivity contribution is 6.30. The molecule has 0 bridgehead atoms. The number of oxazole rings is 1. The zero-order valence-corrected chi connectivity index (χ0v) is 17.6. The van der Waals surface area contributed by atoms with E-state index in [4.69, 9.17) is 20.8 Å². The van der Waals surface area contributed by atoms with Gasteiger partial charge < -0.3 is 24.3 Å². The highest BCUT2D eigenvalue weighted by Gasteiger charge is 2.22. The van der Waals surface area contributed by atoms with Crippen LogP contribution in [0.3, 0.4) is 0 Å². The van der Waals surface area contributed by atoms with E-state index in [0.29, 0.717) is 29.8 Å². The van der Waals surface area contributed by atoms with Crippen molar-refractivity contribution in [2.75, 3.05) is 43.5 Å². The van der Waals surface area contributed by atoms with E-state index in [2.05, 4.69) is 15.2 Å². The van der Waals surface area contributed by atoms with Gasteiger partial charge in [0.2, 0.25) is 0 Å². The molecular weight excluding hydrogens is 404 g/mol. The first-order valence-electron chi connectivity index (χ1n) is 9.71. The maximum atomic E-state index is 12.5. The summed E-state index contributed by atoms with van der Waals surface area (Å²) in [5.41, 5.74) is 2.64. The number of urea groups is 1. The molecule has 1 saturated heterocycles. The van der Waals surface area contributed by atoms with E-state index >= 15 is 0 Å². The second-order valence-corrected chi connectivity index (χ2v) is 7.48. The monoisotopic (exact) mass is 426 g/mol. The van der Waals surface area contributed by atoms with Crippen molar-refractivity contribution in [2.45, 2.75) is 6.92 Å².